The van der Waals surface area contributed by atoms with Crippen molar-refractivity contribution in [2.45, 2.75) is 89.6 Å². The van der Waals surface area contributed by atoms with E-state index in [0.717, 1.165) is 67.5 Å². The van der Waals surface area contributed by atoms with Crippen LogP contribution in [0.3, 0.4) is 0 Å². The van der Waals surface area contributed by atoms with Crippen molar-refractivity contribution >= 4 is 27.7 Å². The van der Waals surface area contributed by atoms with Gasteiger partial charge in [0, 0.05) is 23.6 Å². The highest BCUT2D eigenvalue weighted by Gasteiger charge is 2.49. The molecule has 0 atom stereocenters. The standard InChI is InChI=1S/C31H38N4O5S/c1-6-7-10-28-32-31(15-8-9-16-31)30(36)35(28)19-24-12-11-23(17-20(24)2)26-14-13-25(39-5)18-27(26)41(37,38)34-29-21(3)22(4)33-40-29/h11-14,17-18,34H,6-10,15-16,19H2,1-5H3. The number of rotatable bonds is 10. The van der Waals surface area contributed by atoms with Crippen molar-refractivity contribution in [2.75, 3.05) is 11.8 Å². The second-order valence-electron chi connectivity index (χ2n) is 11.1. The molecule has 218 valence electrons. The summed E-state index contributed by atoms with van der Waals surface area (Å²) in [5.41, 5.74) is 3.88. The second kappa shape index (κ2) is 11.3. The first-order valence-corrected chi connectivity index (χ1v) is 15.7. The van der Waals surface area contributed by atoms with Crippen molar-refractivity contribution in [1.82, 2.24) is 10.1 Å². The fraction of sp³-hybridized carbons (Fsp3) is 0.452. The van der Waals surface area contributed by atoms with Crippen LogP contribution in [0, 0.1) is 20.8 Å². The van der Waals surface area contributed by atoms with E-state index in [9.17, 15) is 13.2 Å². The maximum atomic E-state index is 13.6. The Hall–Kier alpha value is -3.66. The van der Waals surface area contributed by atoms with Gasteiger partial charge in [-0.2, -0.15) is 0 Å². The zero-order valence-corrected chi connectivity index (χ0v) is 25.2. The van der Waals surface area contributed by atoms with Crippen LogP contribution in [-0.2, 0) is 21.4 Å². The quantitative estimate of drug-likeness (QED) is 0.301. The van der Waals surface area contributed by atoms with Crippen molar-refractivity contribution < 1.29 is 22.5 Å². The third-order valence-corrected chi connectivity index (χ3v) is 9.70. The lowest BCUT2D eigenvalue weighted by Gasteiger charge is -2.23. The van der Waals surface area contributed by atoms with Gasteiger partial charge in [-0.15, -0.1) is 0 Å². The number of carbonyl (C=O) groups is 1. The molecule has 5 rings (SSSR count). The summed E-state index contributed by atoms with van der Waals surface area (Å²) in [4.78, 5) is 20.6. The Morgan fingerprint density at radius 3 is 2.49 bits per heavy atom. The monoisotopic (exact) mass is 578 g/mol. The highest BCUT2D eigenvalue weighted by Crippen LogP contribution is 2.40. The van der Waals surface area contributed by atoms with E-state index in [-0.39, 0.29) is 16.7 Å². The zero-order valence-electron chi connectivity index (χ0n) is 24.4. The third kappa shape index (κ3) is 5.49. The molecule has 0 radical (unpaired) electrons. The Morgan fingerprint density at radius 2 is 1.85 bits per heavy atom. The van der Waals surface area contributed by atoms with Crippen LogP contribution in [-0.4, -0.2) is 42.9 Å². The summed E-state index contributed by atoms with van der Waals surface area (Å²) in [6, 6.07) is 10.8. The normalized spacial score (nSPS) is 16.5. The molecule has 1 amide bonds. The first-order chi connectivity index (χ1) is 19.6. The number of hydrogen-bond acceptors (Lipinski definition) is 7. The average molecular weight is 579 g/mol. The van der Waals surface area contributed by atoms with Crippen LogP contribution >= 0.6 is 0 Å². The fourth-order valence-corrected chi connectivity index (χ4v) is 6.98. The molecular weight excluding hydrogens is 540 g/mol. The van der Waals surface area contributed by atoms with Gasteiger partial charge < -0.3 is 9.26 Å². The molecule has 0 unspecified atom stereocenters. The number of aromatic nitrogens is 1. The number of ether oxygens (including phenoxy) is 1. The SMILES string of the molecule is CCCCC1=NC2(CCCC2)C(=O)N1Cc1ccc(-c2ccc(OC)cc2S(=O)(=O)Nc2onc(C)c2C)cc1C. The Balaban J connectivity index is 1.46. The van der Waals surface area contributed by atoms with Crippen LogP contribution in [0.5, 0.6) is 5.75 Å². The smallest absolute Gasteiger partial charge is 0.265 e. The van der Waals surface area contributed by atoms with Crippen LogP contribution in [0.2, 0.25) is 0 Å². The lowest BCUT2D eigenvalue weighted by molar-refractivity contribution is -0.131. The predicted molar refractivity (Wildman–Crippen MR) is 159 cm³/mol. The van der Waals surface area contributed by atoms with E-state index in [0.29, 0.717) is 29.1 Å². The van der Waals surface area contributed by atoms with Crippen molar-refractivity contribution in [3.63, 3.8) is 0 Å². The summed E-state index contributed by atoms with van der Waals surface area (Å²) >= 11 is 0. The van der Waals surface area contributed by atoms with Gasteiger partial charge in [-0.1, -0.05) is 49.5 Å². The second-order valence-corrected chi connectivity index (χ2v) is 12.7. The van der Waals surface area contributed by atoms with Crippen LogP contribution < -0.4 is 9.46 Å². The number of sulfonamides is 1. The average Bonchev–Trinajstić information content (AvgIpc) is 3.63. The number of nitrogens with one attached hydrogen (secondary N) is 1. The summed E-state index contributed by atoms with van der Waals surface area (Å²) in [6.07, 6.45) is 6.56. The molecule has 1 aromatic heterocycles. The summed E-state index contributed by atoms with van der Waals surface area (Å²) < 4.78 is 40.3. The van der Waals surface area contributed by atoms with Crippen LogP contribution in [0.15, 0.2) is 50.8 Å². The molecule has 1 aliphatic carbocycles. The van der Waals surface area contributed by atoms with Crippen LogP contribution in [0.4, 0.5) is 5.88 Å². The Kier molecular flexibility index (Phi) is 7.96. The first kappa shape index (κ1) is 28.9. The molecule has 3 aromatic rings. The number of hydrogen-bond donors (Lipinski definition) is 1. The summed E-state index contributed by atoms with van der Waals surface area (Å²) in [5.74, 6) is 1.52. The number of carbonyl (C=O) groups excluding carboxylic acids is 1. The highest BCUT2D eigenvalue weighted by atomic mass is 32.2. The number of aryl methyl sites for hydroxylation is 2. The van der Waals surface area contributed by atoms with E-state index in [4.69, 9.17) is 14.3 Å². The largest absolute Gasteiger partial charge is 0.497 e. The van der Waals surface area contributed by atoms with E-state index in [1.807, 2.05) is 30.0 Å². The van der Waals surface area contributed by atoms with Crippen molar-refractivity contribution in [2.24, 2.45) is 4.99 Å². The molecule has 1 N–H and O–H groups in total. The lowest BCUT2D eigenvalue weighted by Crippen LogP contribution is -2.40. The molecule has 0 saturated heterocycles. The van der Waals surface area contributed by atoms with Gasteiger partial charge in [0.15, 0.2) is 0 Å². The number of anilines is 1. The number of nitrogens with zero attached hydrogens (tertiary/aromatic N) is 3. The van der Waals surface area contributed by atoms with Crippen molar-refractivity contribution in [3.05, 3.63) is 58.8 Å². The van der Waals surface area contributed by atoms with Crippen molar-refractivity contribution in [1.29, 1.82) is 0 Å². The van der Waals surface area contributed by atoms with E-state index in [2.05, 4.69) is 16.8 Å². The van der Waals surface area contributed by atoms with E-state index in [1.54, 1.807) is 26.0 Å². The molecule has 0 bridgehead atoms. The number of amidine groups is 1. The minimum Gasteiger partial charge on any atom is -0.497 e. The van der Waals surface area contributed by atoms with Gasteiger partial charge in [-0.25, -0.2) is 13.1 Å². The van der Waals surface area contributed by atoms with E-state index < -0.39 is 15.6 Å². The van der Waals surface area contributed by atoms with Crippen LogP contribution in [0.1, 0.15) is 74.3 Å². The lowest BCUT2D eigenvalue weighted by atomic mass is 9.97. The molecular formula is C31H38N4O5S. The Morgan fingerprint density at radius 1 is 1.10 bits per heavy atom. The summed E-state index contributed by atoms with van der Waals surface area (Å²) in [5, 5.41) is 3.86. The first-order valence-electron chi connectivity index (χ1n) is 14.2. The third-order valence-electron chi connectivity index (χ3n) is 8.33. The molecule has 2 aromatic carbocycles. The highest BCUT2D eigenvalue weighted by molar-refractivity contribution is 7.92. The van der Waals surface area contributed by atoms with Gasteiger partial charge in [-0.05, 0) is 68.9 Å². The topological polar surface area (TPSA) is 114 Å². The maximum Gasteiger partial charge on any atom is 0.265 e. The van der Waals surface area contributed by atoms with Gasteiger partial charge in [0.05, 0.1) is 24.2 Å². The molecule has 1 saturated carbocycles. The van der Waals surface area contributed by atoms with E-state index in [1.165, 1.54) is 13.2 Å². The molecule has 41 heavy (non-hydrogen) atoms. The summed E-state index contributed by atoms with van der Waals surface area (Å²) in [6.45, 7) is 8.09. The van der Waals surface area contributed by atoms with E-state index >= 15 is 0 Å². The summed E-state index contributed by atoms with van der Waals surface area (Å²) in [7, 11) is -2.55. The van der Waals surface area contributed by atoms with Crippen molar-refractivity contribution in [3.8, 4) is 16.9 Å². The molecule has 2 heterocycles. The fourth-order valence-electron chi connectivity index (χ4n) is 5.69. The predicted octanol–water partition coefficient (Wildman–Crippen LogP) is 6.32. The molecule has 1 spiro atoms. The molecule has 1 fully saturated rings. The number of aliphatic imine (C=N–C) groups is 1. The number of methoxy groups -OCH3 is 1. The minimum absolute atomic E-state index is 0.0596. The number of unbranched alkanes of at least 4 members (excludes halogenated alkanes) is 1. The minimum atomic E-state index is -4.04. The Bertz CT molecular complexity index is 1600. The van der Waals surface area contributed by atoms with Gasteiger partial charge in [0.1, 0.15) is 17.1 Å². The van der Waals surface area contributed by atoms with Gasteiger partial charge in [0.25, 0.3) is 15.9 Å². The van der Waals surface area contributed by atoms with Crippen LogP contribution in [0.25, 0.3) is 11.1 Å². The Labute approximate surface area is 242 Å². The molecule has 2 aliphatic rings. The maximum absolute atomic E-state index is 13.6. The molecule has 1 aliphatic heterocycles. The molecule has 10 heteroatoms. The molecule has 9 nitrogen and oxygen atoms in total. The van der Waals surface area contributed by atoms with Gasteiger partial charge >= 0.3 is 0 Å². The zero-order chi connectivity index (χ0) is 29.4. The van der Waals surface area contributed by atoms with Gasteiger partial charge in [-0.3, -0.25) is 14.7 Å². The van der Waals surface area contributed by atoms with Gasteiger partial charge in [0.2, 0.25) is 5.88 Å². The number of benzene rings is 2. The number of amides is 1.